The zero-order valence-electron chi connectivity index (χ0n) is 10.6. The molecule has 0 fully saturated rings. The number of hydrogen-bond donors (Lipinski definition) is 0. The van der Waals surface area contributed by atoms with E-state index in [0.717, 1.165) is 0 Å². The Hall–Kier alpha value is -2.34. The summed E-state index contributed by atoms with van der Waals surface area (Å²) in [6.07, 6.45) is 0. The molecule has 0 heterocycles. The fourth-order valence-corrected chi connectivity index (χ4v) is 2.90. The Morgan fingerprint density at radius 3 is 1.70 bits per heavy atom. The van der Waals surface area contributed by atoms with Gasteiger partial charge in [0.1, 0.15) is 11.5 Å². The molecule has 0 aliphatic rings. The van der Waals surface area contributed by atoms with Crippen molar-refractivity contribution in [2.75, 3.05) is 7.11 Å². The summed E-state index contributed by atoms with van der Waals surface area (Å²) in [6.45, 7) is 0.285. The third-order valence-corrected chi connectivity index (χ3v) is 4.47. The highest BCUT2D eigenvalue weighted by molar-refractivity contribution is 7.91. The number of sulfone groups is 1. The molecular formula is C14H12O5S. The molecule has 0 aliphatic heterocycles. The molecule has 0 aliphatic carbocycles. The molecule has 2 aromatic rings. The lowest BCUT2D eigenvalue weighted by Gasteiger charge is -2.06. The number of carbonyl (C=O) groups is 1. The molecule has 0 N–H and O–H groups in total. The lowest BCUT2D eigenvalue weighted by Crippen LogP contribution is -2.02. The first-order valence-electron chi connectivity index (χ1n) is 5.67. The summed E-state index contributed by atoms with van der Waals surface area (Å²) in [4.78, 5) is 10.5. The molecular weight excluding hydrogens is 280 g/mol. The van der Waals surface area contributed by atoms with Crippen molar-refractivity contribution < 1.29 is 22.7 Å². The van der Waals surface area contributed by atoms with E-state index in [4.69, 9.17) is 4.74 Å². The van der Waals surface area contributed by atoms with E-state index in [0.29, 0.717) is 5.75 Å². The Labute approximate surface area is 116 Å². The third kappa shape index (κ3) is 2.80. The number of methoxy groups -OCH3 is 1. The van der Waals surface area contributed by atoms with Crippen molar-refractivity contribution in [2.45, 2.75) is 9.79 Å². The number of rotatable bonds is 5. The lowest BCUT2D eigenvalue weighted by molar-refractivity contribution is -0.120. The molecule has 0 aromatic heterocycles. The van der Waals surface area contributed by atoms with Crippen LogP contribution in [0.2, 0.25) is 0 Å². The van der Waals surface area contributed by atoms with Crippen LogP contribution in [0.15, 0.2) is 58.3 Å². The van der Waals surface area contributed by atoms with Gasteiger partial charge in [0, 0.05) is 0 Å². The van der Waals surface area contributed by atoms with Crippen LogP contribution in [0, 0.1) is 0 Å². The molecule has 0 amide bonds. The van der Waals surface area contributed by atoms with Crippen molar-refractivity contribution in [1.29, 1.82) is 0 Å². The fraction of sp³-hybridized carbons (Fsp3) is 0.0714. The summed E-state index contributed by atoms with van der Waals surface area (Å²) < 4.78 is 34.3. The number of hydrogen-bond acceptors (Lipinski definition) is 5. The van der Waals surface area contributed by atoms with Crippen LogP contribution in [0.25, 0.3) is 0 Å². The minimum atomic E-state index is -3.60. The first kappa shape index (κ1) is 14.1. The average Bonchev–Trinajstić information content (AvgIpc) is 2.48. The van der Waals surface area contributed by atoms with Gasteiger partial charge in [0.2, 0.25) is 9.84 Å². The van der Waals surface area contributed by atoms with Crippen molar-refractivity contribution in [3.8, 4) is 11.5 Å². The molecule has 0 spiro atoms. The van der Waals surface area contributed by atoms with E-state index in [2.05, 4.69) is 4.74 Å². The Bertz CT molecular complexity index is 687. The minimum absolute atomic E-state index is 0.126. The summed E-state index contributed by atoms with van der Waals surface area (Å²) in [5.41, 5.74) is 0. The monoisotopic (exact) mass is 292 g/mol. The molecule has 0 saturated heterocycles. The number of benzene rings is 2. The Morgan fingerprint density at radius 1 is 0.850 bits per heavy atom. The standard InChI is InChI=1S/C14H12O5S/c1-18-11-2-6-13(7-3-11)20(16,17)14-8-4-12(5-9-14)19-10-15/h2-10H,1H3. The second-order valence-corrected chi connectivity index (χ2v) is 5.81. The van der Waals surface area contributed by atoms with Gasteiger partial charge in [0.05, 0.1) is 16.9 Å². The second-order valence-electron chi connectivity index (χ2n) is 3.86. The van der Waals surface area contributed by atoms with Crippen LogP contribution < -0.4 is 9.47 Å². The smallest absolute Gasteiger partial charge is 0.298 e. The highest BCUT2D eigenvalue weighted by Gasteiger charge is 2.17. The van der Waals surface area contributed by atoms with Crippen molar-refractivity contribution >= 4 is 16.3 Å². The molecule has 2 aromatic carbocycles. The van der Waals surface area contributed by atoms with Gasteiger partial charge in [-0.25, -0.2) is 8.42 Å². The van der Waals surface area contributed by atoms with Gasteiger partial charge < -0.3 is 9.47 Å². The maximum absolute atomic E-state index is 12.4. The highest BCUT2D eigenvalue weighted by atomic mass is 32.2. The van der Waals surface area contributed by atoms with Gasteiger partial charge in [-0.1, -0.05) is 0 Å². The van der Waals surface area contributed by atoms with Crippen molar-refractivity contribution in [1.82, 2.24) is 0 Å². The second kappa shape index (κ2) is 5.75. The van der Waals surface area contributed by atoms with E-state index in [1.54, 1.807) is 12.1 Å². The first-order valence-corrected chi connectivity index (χ1v) is 7.16. The van der Waals surface area contributed by atoms with Crippen LogP contribution in [-0.4, -0.2) is 22.0 Å². The lowest BCUT2D eigenvalue weighted by atomic mass is 10.3. The van der Waals surface area contributed by atoms with Gasteiger partial charge in [-0.15, -0.1) is 0 Å². The van der Waals surface area contributed by atoms with Crippen LogP contribution >= 0.6 is 0 Å². The van der Waals surface area contributed by atoms with Gasteiger partial charge in [-0.05, 0) is 48.5 Å². The molecule has 0 unspecified atom stereocenters. The first-order chi connectivity index (χ1) is 9.57. The summed E-state index contributed by atoms with van der Waals surface area (Å²) >= 11 is 0. The van der Waals surface area contributed by atoms with Gasteiger partial charge in [-0.3, -0.25) is 4.79 Å². The predicted molar refractivity (Wildman–Crippen MR) is 71.6 cm³/mol. The Morgan fingerprint density at radius 2 is 1.30 bits per heavy atom. The van der Waals surface area contributed by atoms with Crippen LogP contribution in [0.3, 0.4) is 0 Å². The number of carbonyl (C=O) groups excluding carboxylic acids is 1. The van der Waals surface area contributed by atoms with E-state index < -0.39 is 9.84 Å². The molecule has 2 rings (SSSR count). The zero-order valence-corrected chi connectivity index (χ0v) is 11.5. The Balaban J connectivity index is 2.35. The summed E-state index contributed by atoms with van der Waals surface area (Å²) in [5, 5.41) is 0. The van der Waals surface area contributed by atoms with Crippen molar-refractivity contribution in [2.24, 2.45) is 0 Å². The molecule has 5 nitrogen and oxygen atoms in total. The molecule has 104 valence electrons. The SMILES string of the molecule is COc1ccc(S(=O)(=O)c2ccc(OC=O)cc2)cc1. The molecule has 0 atom stereocenters. The fourth-order valence-electron chi connectivity index (χ4n) is 1.64. The molecule has 0 bridgehead atoms. The molecule has 0 radical (unpaired) electrons. The average molecular weight is 292 g/mol. The van der Waals surface area contributed by atoms with Crippen molar-refractivity contribution in [3.63, 3.8) is 0 Å². The normalized spacial score (nSPS) is 10.8. The maximum atomic E-state index is 12.4. The van der Waals surface area contributed by atoms with Crippen LogP contribution in [0.4, 0.5) is 0 Å². The van der Waals surface area contributed by atoms with Gasteiger partial charge in [-0.2, -0.15) is 0 Å². The van der Waals surface area contributed by atoms with Crippen LogP contribution in [0.5, 0.6) is 11.5 Å². The maximum Gasteiger partial charge on any atom is 0.298 e. The van der Waals surface area contributed by atoms with E-state index >= 15 is 0 Å². The minimum Gasteiger partial charge on any atom is -0.497 e. The predicted octanol–water partition coefficient (Wildman–Crippen LogP) is 2.06. The highest BCUT2D eigenvalue weighted by Crippen LogP contribution is 2.24. The largest absolute Gasteiger partial charge is 0.497 e. The van der Waals surface area contributed by atoms with E-state index in [9.17, 15) is 13.2 Å². The van der Waals surface area contributed by atoms with Crippen LogP contribution in [0.1, 0.15) is 0 Å². The summed E-state index contributed by atoms with van der Waals surface area (Å²) in [5.74, 6) is 0.868. The third-order valence-electron chi connectivity index (χ3n) is 2.69. The summed E-state index contributed by atoms with van der Waals surface area (Å²) in [7, 11) is -2.09. The topological polar surface area (TPSA) is 69.7 Å². The summed E-state index contributed by atoms with van der Waals surface area (Å²) in [6, 6.07) is 11.7. The van der Waals surface area contributed by atoms with Crippen molar-refractivity contribution in [3.05, 3.63) is 48.5 Å². The molecule has 6 heteroatoms. The van der Waals surface area contributed by atoms with Gasteiger partial charge in [0.15, 0.2) is 0 Å². The number of ether oxygens (including phenoxy) is 2. The molecule has 20 heavy (non-hydrogen) atoms. The molecule has 0 saturated carbocycles. The zero-order chi connectivity index (χ0) is 14.6. The Kier molecular flexibility index (Phi) is 4.05. The van der Waals surface area contributed by atoms with E-state index in [1.165, 1.54) is 43.5 Å². The van der Waals surface area contributed by atoms with Gasteiger partial charge in [0.25, 0.3) is 6.47 Å². The quantitative estimate of drug-likeness (QED) is 0.789. The van der Waals surface area contributed by atoms with E-state index in [-0.39, 0.29) is 22.0 Å². The van der Waals surface area contributed by atoms with Gasteiger partial charge >= 0.3 is 0 Å². The van der Waals surface area contributed by atoms with Crippen LogP contribution in [-0.2, 0) is 14.6 Å². The van der Waals surface area contributed by atoms with E-state index in [1.807, 2.05) is 0 Å².